The van der Waals surface area contributed by atoms with E-state index < -0.39 is 0 Å². The van der Waals surface area contributed by atoms with Gasteiger partial charge in [-0.05, 0) is 129 Å². The Labute approximate surface area is 303 Å². The molecule has 4 heteroatoms. The second kappa shape index (κ2) is 15.3. The zero-order chi connectivity index (χ0) is 36.2. The SMILES string of the molecule is Cc1ccc(C)c(-c2cc(C)cc(-c3ccccc3COCCCOc3ccc(C)cc3-c3cc(C)cc(-c4cc(C)ccc4C)c3O)c2O)c1. The zero-order valence-electron chi connectivity index (χ0n) is 30.9. The molecule has 0 aliphatic carbocycles. The Bertz CT molecular complexity index is 2210. The van der Waals surface area contributed by atoms with Crippen molar-refractivity contribution in [2.24, 2.45) is 0 Å². The molecule has 0 atom stereocenters. The molecule has 0 heterocycles. The van der Waals surface area contributed by atoms with Gasteiger partial charge in [-0.25, -0.2) is 0 Å². The van der Waals surface area contributed by atoms with E-state index in [9.17, 15) is 10.2 Å². The van der Waals surface area contributed by atoms with Crippen LogP contribution in [0.25, 0.3) is 44.5 Å². The highest BCUT2D eigenvalue weighted by Gasteiger charge is 2.19. The third-order valence-electron chi connectivity index (χ3n) is 9.56. The zero-order valence-corrected chi connectivity index (χ0v) is 30.9. The quantitative estimate of drug-likeness (QED) is 0.134. The number of phenols is 2. The fourth-order valence-electron chi connectivity index (χ4n) is 6.85. The van der Waals surface area contributed by atoms with Gasteiger partial charge >= 0.3 is 0 Å². The number of rotatable bonds is 11. The lowest BCUT2D eigenvalue weighted by atomic mass is 9.90. The van der Waals surface area contributed by atoms with Gasteiger partial charge in [0.1, 0.15) is 17.2 Å². The normalized spacial score (nSPS) is 11.2. The van der Waals surface area contributed by atoms with Crippen LogP contribution in [0.2, 0.25) is 0 Å². The first-order valence-corrected chi connectivity index (χ1v) is 17.7. The summed E-state index contributed by atoms with van der Waals surface area (Å²) in [6.07, 6.45) is 0.690. The number of hydrogen-bond acceptors (Lipinski definition) is 4. The molecule has 0 saturated carbocycles. The summed E-state index contributed by atoms with van der Waals surface area (Å²) < 4.78 is 12.5. The molecule has 0 radical (unpaired) electrons. The van der Waals surface area contributed by atoms with Gasteiger partial charge < -0.3 is 19.7 Å². The van der Waals surface area contributed by atoms with Crippen LogP contribution in [0.15, 0.2) is 103 Å². The molecule has 51 heavy (non-hydrogen) atoms. The molecule has 0 aliphatic heterocycles. The van der Waals surface area contributed by atoms with Gasteiger partial charge in [0.15, 0.2) is 0 Å². The molecule has 0 amide bonds. The van der Waals surface area contributed by atoms with Crippen molar-refractivity contribution in [2.45, 2.75) is 61.5 Å². The lowest BCUT2D eigenvalue weighted by Crippen LogP contribution is -2.05. The first kappa shape index (κ1) is 35.5. The maximum absolute atomic E-state index is 11.6. The van der Waals surface area contributed by atoms with Crippen LogP contribution in [0.4, 0.5) is 0 Å². The predicted molar refractivity (Wildman–Crippen MR) is 211 cm³/mol. The minimum atomic E-state index is 0.257. The van der Waals surface area contributed by atoms with Gasteiger partial charge in [0.25, 0.3) is 0 Å². The van der Waals surface area contributed by atoms with Crippen LogP contribution in [0, 0.1) is 48.5 Å². The molecule has 0 bridgehead atoms. The minimum Gasteiger partial charge on any atom is -0.507 e. The van der Waals surface area contributed by atoms with Crippen LogP contribution < -0.4 is 4.74 Å². The van der Waals surface area contributed by atoms with Gasteiger partial charge in [-0.2, -0.15) is 0 Å². The number of hydrogen-bond donors (Lipinski definition) is 2. The van der Waals surface area contributed by atoms with E-state index in [1.807, 2.05) is 36.4 Å². The molecule has 0 fully saturated rings. The highest BCUT2D eigenvalue weighted by atomic mass is 16.5. The lowest BCUT2D eigenvalue weighted by molar-refractivity contribution is 0.107. The average Bonchev–Trinajstić information content (AvgIpc) is 3.11. The molecular formula is C47H48O4. The Hall–Kier alpha value is -5.32. The molecule has 6 aromatic rings. The number of aromatic hydroxyl groups is 2. The van der Waals surface area contributed by atoms with E-state index in [1.54, 1.807) is 0 Å². The summed E-state index contributed by atoms with van der Waals surface area (Å²) in [6.45, 7) is 15.9. The second-order valence-corrected chi connectivity index (χ2v) is 14.0. The van der Waals surface area contributed by atoms with Crippen molar-refractivity contribution in [2.75, 3.05) is 13.2 Å². The molecule has 0 unspecified atom stereocenters. The predicted octanol–water partition coefficient (Wildman–Crippen LogP) is 11.9. The van der Waals surface area contributed by atoms with E-state index >= 15 is 0 Å². The van der Waals surface area contributed by atoms with Gasteiger partial charge in [-0.15, -0.1) is 0 Å². The molecule has 6 rings (SSSR count). The van der Waals surface area contributed by atoms with Gasteiger partial charge in [-0.3, -0.25) is 0 Å². The number of phenolic OH excluding ortho intramolecular Hbond substituents is 2. The van der Waals surface area contributed by atoms with E-state index in [4.69, 9.17) is 9.47 Å². The van der Waals surface area contributed by atoms with E-state index in [-0.39, 0.29) is 11.5 Å². The summed E-state index contributed by atoms with van der Waals surface area (Å²) in [7, 11) is 0. The molecule has 0 saturated heterocycles. The molecule has 0 aromatic heterocycles. The molecule has 4 nitrogen and oxygen atoms in total. The van der Waals surface area contributed by atoms with Crippen molar-refractivity contribution >= 4 is 0 Å². The monoisotopic (exact) mass is 676 g/mol. The van der Waals surface area contributed by atoms with Crippen LogP contribution in [-0.4, -0.2) is 23.4 Å². The van der Waals surface area contributed by atoms with E-state index in [0.29, 0.717) is 26.2 Å². The maximum Gasteiger partial charge on any atom is 0.131 e. The van der Waals surface area contributed by atoms with Crippen LogP contribution in [-0.2, 0) is 11.3 Å². The van der Waals surface area contributed by atoms with Gasteiger partial charge in [0.2, 0.25) is 0 Å². The van der Waals surface area contributed by atoms with Crippen LogP contribution in [0.1, 0.15) is 50.9 Å². The highest BCUT2D eigenvalue weighted by Crippen LogP contribution is 2.44. The Morgan fingerprint density at radius 1 is 0.431 bits per heavy atom. The first-order valence-electron chi connectivity index (χ1n) is 17.7. The fraction of sp³-hybridized carbons (Fsp3) is 0.234. The first-order chi connectivity index (χ1) is 24.5. The standard InChI is InChI=1S/C47H48O4/c1-29-13-16-34(6)38(21-29)42-25-32(4)24-41(46(42)48)37-12-9-8-11-36(37)28-50-19-10-20-51-45-18-15-31(3)23-40(45)44-27-33(5)26-43(47(44)49)39-22-30(2)14-17-35(39)7/h8-9,11-18,21-27,48-49H,10,19-20,28H2,1-7H3. The summed E-state index contributed by atoms with van der Waals surface area (Å²) in [5, 5.41) is 23.2. The van der Waals surface area contributed by atoms with Crippen molar-refractivity contribution in [1.29, 1.82) is 0 Å². The van der Waals surface area contributed by atoms with Gasteiger partial charge in [0, 0.05) is 34.2 Å². The average molecular weight is 677 g/mol. The van der Waals surface area contributed by atoms with Crippen molar-refractivity contribution in [3.8, 4) is 61.8 Å². The molecule has 260 valence electrons. The summed E-state index contributed by atoms with van der Waals surface area (Å²) in [5.41, 5.74) is 16.0. The summed E-state index contributed by atoms with van der Waals surface area (Å²) >= 11 is 0. The molecular weight excluding hydrogens is 629 g/mol. The second-order valence-electron chi connectivity index (χ2n) is 14.0. The number of benzene rings is 6. The minimum absolute atomic E-state index is 0.257. The number of aryl methyl sites for hydroxylation is 7. The summed E-state index contributed by atoms with van der Waals surface area (Å²) in [4.78, 5) is 0. The van der Waals surface area contributed by atoms with Crippen molar-refractivity contribution < 1.29 is 19.7 Å². The fourth-order valence-corrected chi connectivity index (χ4v) is 6.85. The molecule has 0 aliphatic rings. The third kappa shape index (κ3) is 7.87. The van der Waals surface area contributed by atoms with Crippen LogP contribution in [0.5, 0.6) is 17.2 Å². The number of ether oxygens (including phenoxy) is 2. The van der Waals surface area contributed by atoms with Crippen molar-refractivity contribution in [1.82, 2.24) is 0 Å². The van der Waals surface area contributed by atoms with E-state index in [0.717, 1.165) is 94.8 Å². The van der Waals surface area contributed by atoms with E-state index in [1.165, 1.54) is 0 Å². The van der Waals surface area contributed by atoms with Gasteiger partial charge in [-0.1, -0.05) is 83.4 Å². The topological polar surface area (TPSA) is 58.9 Å². The maximum atomic E-state index is 11.6. The Kier molecular flexibility index (Phi) is 10.6. The summed E-state index contributed by atoms with van der Waals surface area (Å²) in [6, 6.07) is 35.1. The van der Waals surface area contributed by atoms with Crippen molar-refractivity contribution in [3.63, 3.8) is 0 Å². The summed E-state index contributed by atoms with van der Waals surface area (Å²) in [5.74, 6) is 1.27. The molecule has 0 spiro atoms. The molecule has 2 N–H and O–H groups in total. The Morgan fingerprint density at radius 2 is 0.882 bits per heavy atom. The highest BCUT2D eigenvalue weighted by molar-refractivity contribution is 5.87. The van der Waals surface area contributed by atoms with Crippen LogP contribution >= 0.6 is 0 Å². The smallest absolute Gasteiger partial charge is 0.131 e. The van der Waals surface area contributed by atoms with Crippen molar-refractivity contribution in [3.05, 3.63) is 148 Å². The largest absolute Gasteiger partial charge is 0.507 e. The van der Waals surface area contributed by atoms with E-state index in [2.05, 4.69) is 115 Å². The van der Waals surface area contributed by atoms with Gasteiger partial charge in [0.05, 0.1) is 19.8 Å². The Balaban J connectivity index is 1.15. The van der Waals surface area contributed by atoms with Crippen LogP contribution in [0.3, 0.4) is 0 Å². The lowest BCUT2D eigenvalue weighted by Gasteiger charge is -2.18. The third-order valence-corrected chi connectivity index (χ3v) is 9.56. The Morgan fingerprint density at radius 3 is 1.45 bits per heavy atom. The molecule has 6 aromatic carbocycles.